The molecule has 0 aliphatic carbocycles. The molecule has 0 amide bonds. The lowest BCUT2D eigenvalue weighted by Crippen LogP contribution is -2.13. The zero-order valence-electron chi connectivity index (χ0n) is 10.6. The van der Waals surface area contributed by atoms with Gasteiger partial charge in [-0.3, -0.25) is 15.2 Å². The Bertz CT molecular complexity index is 790. The number of hydrogen-bond donors (Lipinski definition) is 2. The molecule has 2 N–H and O–H groups in total. The molecule has 1 atom stereocenters. The minimum absolute atomic E-state index is 0.0440. The van der Waals surface area contributed by atoms with Gasteiger partial charge in [-0.15, -0.1) is 0 Å². The Kier molecular flexibility index (Phi) is 3.46. The fraction of sp³-hybridized carbons (Fsp3) is 0. The Morgan fingerprint density at radius 1 is 1.19 bits per heavy atom. The summed E-state index contributed by atoms with van der Waals surface area (Å²) in [5.41, 5.74) is 0.589. The van der Waals surface area contributed by atoms with Gasteiger partial charge < -0.3 is 4.55 Å². The molecule has 0 spiro atoms. The second kappa shape index (κ2) is 5.43. The van der Waals surface area contributed by atoms with E-state index in [-0.39, 0.29) is 5.69 Å². The summed E-state index contributed by atoms with van der Waals surface area (Å²) in [5.74, 6) is 0.316. The first-order valence-electron chi connectivity index (χ1n) is 6.01. The molecule has 0 saturated carbocycles. The van der Waals surface area contributed by atoms with Gasteiger partial charge in [-0.2, -0.15) is 9.82 Å². The van der Waals surface area contributed by atoms with Crippen molar-refractivity contribution in [2.75, 3.05) is 4.72 Å². The summed E-state index contributed by atoms with van der Waals surface area (Å²) in [7, 11) is 0. The van der Waals surface area contributed by atoms with E-state index in [2.05, 4.69) is 14.9 Å². The van der Waals surface area contributed by atoms with Crippen molar-refractivity contribution in [2.45, 2.75) is 4.90 Å². The summed E-state index contributed by atoms with van der Waals surface area (Å²) in [6.45, 7) is 0. The zero-order chi connectivity index (χ0) is 14.8. The number of H-pyrrole nitrogens is 1. The number of non-ortho nitro benzene ring substituents is 1. The highest BCUT2D eigenvalue weighted by Gasteiger charge is 2.17. The van der Waals surface area contributed by atoms with Gasteiger partial charge in [0, 0.05) is 12.1 Å². The maximum absolute atomic E-state index is 12.2. The monoisotopic (exact) mass is 302 g/mol. The number of rotatable bonds is 4. The maximum atomic E-state index is 12.2. The van der Waals surface area contributed by atoms with Gasteiger partial charge in [0.25, 0.3) is 5.69 Å². The lowest BCUT2D eigenvalue weighted by Gasteiger charge is -2.09. The van der Waals surface area contributed by atoms with Crippen LogP contribution in [-0.2, 0) is 11.4 Å². The highest BCUT2D eigenvalue weighted by atomic mass is 32.2. The van der Waals surface area contributed by atoms with Crippen LogP contribution in [0.4, 0.5) is 11.5 Å². The number of aromatic amines is 1. The van der Waals surface area contributed by atoms with Gasteiger partial charge in [0.05, 0.1) is 15.8 Å². The van der Waals surface area contributed by atoms with E-state index < -0.39 is 16.3 Å². The van der Waals surface area contributed by atoms with Gasteiger partial charge in [0.2, 0.25) is 0 Å². The number of nitrogens with one attached hydrogen (secondary N) is 2. The standard InChI is InChI=1S/C13H10N4O3S/c18-17(19)9-6-7-12-11(8-9)13(15-14-12)16-21(20)10-4-2-1-3-5-10/h1-8H,(H2,14,15,16). The third kappa shape index (κ3) is 2.67. The normalized spacial score (nSPS) is 12.2. The summed E-state index contributed by atoms with van der Waals surface area (Å²) in [6, 6.07) is 13.2. The fourth-order valence-corrected chi connectivity index (χ4v) is 2.74. The SMILES string of the molecule is O=[N+]([O-])c1ccc2[nH]nc(N[S+]([O-])c3ccccc3)c2c1. The van der Waals surface area contributed by atoms with Gasteiger partial charge in [0.15, 0.2) is 10.7 Å². The molecule has 0 radical (unpaired) electrons. The second-order valence-corrected chi connectivity index (χ2v) is 5.46. The lowest BCUT2D eigenvalue weighted by atomic mass is 10.2. The summed E-state index contributed by atoms with van der Waals surface area (Å²) in [4.78, 5) is 10.9. The van der Waals surface area contributed by atoms with Crippen molar-refractivity contribution in [3.63, 3.8) is 0 Å². The molecule has 106 valence electrons. The highest BCUT2D eigenvalue weighted by molar-refractivity contribution is 7.92. The van der Waals surface area contributed by atoms with E-state index in [0.717, 1.165) is 0 Å². The largest absolute Gasteiger partial charge is 0.588 e. The average molecular weight is 302 g/mol. The van der Waals surface area contributed by atoms with Crippen LogP contribution in [0.25, 0.3) is 10.9 Å². The Morgan fingerprint density at radius 3 is 2.67 bits per heavy atom. The first-order valence-corrected chi connectivity index (χ1v) is 7.16. The van der Waals surface area contributed by atoms with Crippen molar-refractivity contribution in [3.8, 4) is 0 Å². The molecule has 21 heavy (non-hydrogen) atoms. The van der Waals surface area contributed by atoms with Crippen molar-refractivity contribution in [3.05, 3.63) is 58.6 Å². The number of nitro benzene ring substituents is 1. The summed E-state index contributed by atoms with van der Waals surface area (Å²) in [6.07, 6.45) is 0. The van der Waals surface area contributed by atoms with E-state index in [1.165, 1.54) is 12.1 Å². The molecular formula is C13H10N4O3S. The average Bonchev–Trinajstić information content (AvgIpc) is 2.90. The molecule has 1 unspecified atom stereocenters. The van der Waals surface area contributed by atoms with E-state index in [4.69, 9.17) is 0 Å². The predicted octanol–water partition coefficient (Wildman–Crippen LogP) is 2.61. The number of aromatic nitrogens is 2. The van der Waals surface area contributed by atoms with E-state index in [1.54, 1.807) is 30.3 Å². The minimum atomic E-state index is -1.49. The van der Waals surface area contributed by atoms with Crippen LogP contribution in [-0.4, -0.2) is 19.7 Å². The predicted molar refractivity (Wildman–Crippen MR) is 79.2 cm³/mol. The number of hydrogen-bond acceptors (Lipinski definition) is 5. The van der Waals surface area contributed by atoms with Crippen LogP contribution in [0.2, 0.25) is 0 Å². The van der Waals surface area contributed by atoms with Gasteiger partial charge in [-0.1, -0.05) is 18.2 Å². The van der Waals surface area contributed by atoms with Crippen molar-refractivity contribution in [1.29, 1.82) is 0 Å². The minimum Gasteiger partial charge on any atom is -0.588 e. The highest BCUT2D eigenvalue weighted by Crippen LogP contribution is 2.26. The van der Waals surface area contributed by atoms with Crippen molar-refractivity contribution in [2.24, 2.45) is 0 Å². The third-order valence-corrected chi connectivity index (χ3v) is 3.98. The van der Waals surface area contributed by atoms with Gasteiger partial charge in [0.1, 0.15) is 11.4 Å². The van der Waals surface area contributed by atoms with Gasteiger partial charge in [-0.25, -0.2) is 0 Å². The number of benzene rings is 2. The molecule has 0 saturated heterocycles. The summed E-state index contributed by atoms with van der Waals surface area (Å²) < 4.78 is 14.9. The third-order valence-electron chi connectivity index (χ3n) is 2.90. The van der Waals surface area contributed by atoms with Crippen LogP contribution in [0, 0.1) is 10.1 Å². The number of nitro groups is 1. The number of fused-ring (bicyclic) bond motifs is 1. The van der Waals surface area contributed by atoms with Crippen LogP contribution < -0.4 is 4.72 Å². The molecule has 1 heterocycles. The number of nitrogens with zero attached hydrogens (tertiary/aromatic N) is 2. The summed E-state index contributed by atoms with van der Waals surface area (Å²) in [5, 5.41) is 18.1. The Labute approximate surface area is 122 Å². The zero-order valence-corrected chi connectivity index (χ0v) is 11.5. The van der Waals surface area contributed by atoms with Crippen LogP contribution >= 0.6 is 0 Å². The molecule has 8 heteroatoms. The van der Waals surface area contributed by atoms with Crippen LogP contribution in [0.3, 0.4) is 0 Å². The molecule has 0 aliphatic heterocycles. The quantitative estimate of drug-likeness (QED) is 0.437. The first kappa shape index (κ1) is 13.4. The second-order valence-electron chi connectivity index (χ2n) is 4.24. The van der Waals surface area contributed by atoms with E-state index in [0.29, 0.717) is 21.6 Å². The van der Waals surface area contributed by atoms with E-state index in [1.807, 2.05) is 6.07 Å². The smallest absolute Gasteiger partial charge is 0.270 e. The molecular weight excluding hydrogens is 292 g/mol. The van der Waals surface area contributed by atoms with Crippen molar-refractivity contribution in [1.82, 2.24) is 10.2 Å². The molecule has 3 rings (SSSR count). The Morgan fingerprint density at radius 2 is 1.95 bits per heavy atom. The Hall–Kier alpha value is -2.58. The summed E-state index contributed by atoms with van der Waals surface area (Å²) >= 11 is -1.49. The first-order chi connectivity index (χ1) is 10.1. The molecule has 0 fully saturated rings. The molecule has 1 aromatic heterocycles. The van der Waals surface area contributed by atoms with Crippen molar-refractivity contribution < 1.29 is 9.48 Å². The topological polar surface area (TPSA) is 107 Å². The van der Waals surface area contributed by atoms with Gasteiger partial charge >= 0.3 is 0 Å². The van der Waals surface area contributed by atoms with Gasteiger partial charge in [-0.05, 0) is 18.2 Å². The molecule has 2 aromatic carbocycles. The molecule has 0 aliphatic rings. The molecule has 0 bridgehead atoms. The molecule has 3 aromatic rings. The van der Waals surface area contributed by atoms with Crippen LogP contribution in [0.1, 0.15) is 0 Å². The maximum Gasteiger partial charge on any atom is 0.270 e. The Balaban J connectivity index is 1.93. The van der Waals surface area contributed by atoms with Crippen LogP contribution in [0.15, 0.2) is 53.4 Å². The lowest BCUT2D eigenvalue weighted by molar-refractivity contribution is -0.384. The fourth-order valence-electron chi connectivity index (χ4n) is 1.88. The molecule has 7 nitrogen and oxygen atoms in total. The van der Waals surface area contributed by atoms with E-state index >= 15 is 0 Å². The van der Waals surface area contributed by atoms with Crippen molar-refractivity contribution >= 4 is 33.8 Å². The van der Waals surface area contributed by atoms with Crippen LogP contribution in [0.5, 0.6) is 0 Å². The van der Waals surface area contributed by atoms with E-state index in [9.17, 15) is 14.7 Å². The number of anilines is 1.